The van der Waals surface area contributed by atoms with Crippen molar-refractivity contribution < 1.29 is 41.9 Å². The third kappa shape index (κ3) is 5.14. The van der Waals surface area contributed by atoms with Crippen LogP contribution in [0, 0.1) is 0 Å². The number of nitrogens with one attached hydrogen (secondary N) is 1. The van der Waals surface area contributed by atoms with Crippen LogP contribution < -0.4 is 5.32 Å². The lowest BCUT2D eigenvalue weighted by Gasteiger charge is -2.21. The topological polar surface area (TPSA) is 140 Å². The van der Waals surface area contributed by atoms with Crippen LogP contribution in [-0.4, -0.2) is 30.1 Å². The molecule has 0 aliphatic heterocycles. The minimum Gasteiger partial charge on any atom is -0.346 e. The van der Waals surface area contributed by atoms with Crippen molar-refractivity contribution in [3.8, 4) is 11.1 Å². The van der Waals surface area contributed by atoms with Crippen LogP contribution in [0.4, 0.5) is 19.0 Å². The highest BCUT2D eigenvalue weighted by molar-refractivity contribution is 7.71. The van der Waals surface area contributed by atoms with Crippen molar-refractivity contribution >= 4 is 21.0 Å². The molecule has 0 radical (unpaired) electrons. The Morgan fingerprint density at radius 2 is 1.46 bits per heavy atom. The van der Waals surface area contributed by atoms with Gasteiger partial charge in [0.15, 0.2) is 0 Å². The summed E-state index contributed by atoms with van der Waals surface area (Å²) in [6, 6.07) is 6.70. The van der Waals surface area contributed by atoms with Gasteiger partial charge in [-0.15, -0.1) is 0 Å². The molecule has 8 nitrogen and oxygen atoms in total. The standard InChI is InChI=1S/C13H13F3N2O6P2/c14-13(15,16)10-3-1-8(2-4-10)9-5-6-17-11(7-9)18-12(25(19,20)21)26(22,23)24/h1-7,12H,(H,17,18)(H2,19,20,21)(H2,22,23,24). The number of benzene rings is 1. The van der Waals surface area contributed by atoms with E-state index >= 15 is 0 Å². The van der Waals surface area contributed by atoms with E-state index in [9.17, 15) is 22.3 Å². The number of nitrogens with zero attached hydrogens (tertiary/aromatic N) is 1. The van der Waals surface area contributed by atoms with Gasteiger partial charge in [-0.05, 0) is 35.4 Å². The zero-order chi connectivity index (χ0) is 19.8. The van der Waals surface area contributed by atoms with Crippen molar-refractivity contribution in [2.45, 2.75) is 11.7 Å². The molecular weight excluding hydrogens is 399 g/mol. The normalized spacial score (nSPS) is 13.1. The molecule has 0 fully saturated rings. The molecule has 2 rings (SSSR count). The number of alkyl halides is 3. The minimum atomic E-state index is -5.21. The van der Waals surface area contributed by atoms with Gasteiger partial charge in [-0.2, -0.15) is 13.2 Å². The van der Waals surface area contributed by atoms with Crippen LogP contribution in [0.5, 0.6) is 0 Å². The number of anilines is 1. The van der Waals surface area contributed by atoms with Gasteiger partial charge in [0, 0.05) is 6.20 Å². The molecule has 1 aromatic carbocycles. The van der Waals surface area contributed by atoms with Crippen molar-refractivity contribution in [1.29, 1.82) is 0 Å². The number of hydrogen-bond donors (Lipinski definition) is 5. The molecule has 0 saturated carbocycles. The first-order valence-corrected chi connectivity index (χ1v) is 10.2. The van der Waals surface area contributed by atoms with Gasteiger partial charge in [0.1, 0.15) is 5.82 Å². The zero-order valence-corrected chi connectivity index (χ0v) is 14.5. The monoisotopic (exact) mass is 412 g/mol. The van der Waals surface area contributed by atoms with Crippen LogP contribution in [-0.2, 0) is 15.3 Å². The molecule has 0 atom stereocenters. The number of rotatable bonds is 5. The van der Waals surface area contributed by atoms with E-state index in [4.69, 9.17) is 19.6 Å². The van der Waals surface area contributed by atoms with Crippen molar-refractivity contribution in [3.63, 3.8) is 0 Å². The van der Waals surface area contributed by atoms with Gasteiger partial charge < -0.3 is 24.9 Å². The summed E-state index contributed by atoms with van der Waals surface area (Å²) < 4.78 is 60.3. The lowest BCUT2D eigenvalue weighted by atomic mass is 10.0. The summed E-state index contributed by atoms with van der Waals surface area (Å²) in [4.78, 5) is 40.1. The molecule has 0 saturated heterocycles. The van der Waals surface area contributed by atoms with Gasteiger partial charge in [0.2, 0.25) is 5.52 Å². The average molecular weight is 412 g/mol. The summed E-state index contributed by atoms with van der Waals surface area (Å²) in [6.07, 6.45) is -3.32. The molecule has 0 spiro atoms. The van der Waals surface area contributed by atoms with Crippen LogP contribution in [0.2, 0.25) is 0 Å². The quantitative estimate of drug-likeness (QED) is 0.473. The maximum absolute atomic E-state index is 12.6. The lowest BCUT2D eigenvalue weighted by Crippen LogP contribution is -2.20. The molecule has 13 heteroatoms. The number of pyridine rings is 1. The molecule has 2 aromatic rings. The summed E-state index contributed by atoms with van der Waals surface area (Å²) in [5, 5.41) is 1.99. The lowest BCUT2D eigenvalue weighted by molar-refractivity contribution is -0.137. The van der Waals surface area contributed by atoms with Gasteiger partial charge in [0.25, 0.3) is 0 Å². The summed E-state index contributed by atoms with van der Waals surface area (Å²) in [5.41, 5.74) is -2.68. The first-order valence-electron chi connectivity index (χ1n) is 6.79. The summed E-state index contributed by atoms with van der Waals surface area (Å²) in [5.74, 6) is -0.265. The predicted molar refractivity (Wildman–Crippen MR) is 86.2 cm³/mol. The Labute approximate surface area is 145 Å². The van der Waals surface area contributed by atoms with E-state index < -0.39 is 32.5 Å². The number of aromatic nitrogens is 1. The Bertz CT molecular complexity index is 856. The van der Waals surface area contributed by atoms with Crippen LogP contribution in [0.1, 0.15) is 5.56 Å². The second-order valence-corrected chi connectivity index (χ2v) is 9.00. The summed E-state index contributed by atoms with van der Waals surface area (Å²) >= 11 is 0. The molecule has 142 valence electrons. The molecule has 0 amide bonds. The zero-order valence-electron chi connectivity index (χ0n) is 12.7. The highest BCUT2D eigenvalue weighted by Gasteiger charge is 2.43. The Kier molecular flexibility index (Phi) is 5.63. The van der Waals surface area contributed by atoms with Crippen molar-refractivity contribution in [2.24, 2.45) is 0 Å². The largest absolute Gasteiger partial charge is 0.416 e. The average Bonchev–Trinajstić information content (AvgIpc) is 2.50. The Morgan fingerprint density at radius 3 is 1.92 bits per heavy atom. The first kappa shape index (κ1) is 20.6. The van der Waals surface area contributed by atoms with Crippen LogP contribution in [0.3, 0.4) is 0 Å². The first-order chi connectivity index (χ1) is 11.8. The van der Waals surface area contributed by atoms with Gasteiger partial charge >= 0.3 is 21.4 Å². The smallest absolute Gasteiger partial charge is 0.346 e. The fraction of sp³-hybridized carbons (Fsp3) is 0.154. The van der Waals surface area contributed by atoms with Crippen LogP contribution in [0.25, 0.3) is 11.1 Å². The summed E-state index contributed by atoms with van der Waals surface area (Å²) in [7, 11) is -10.4. The van der Waals surface area contributed by atoms with E-state index in [2.05, 4.69) is 4.98 Å². The highest BCUT2D eigenvalue weighted by atomic mass is 31.2. The van der Waals surface area contributed by atoms with Gasteiger partial charge in [-0.25, -0.2) is 4.98 Å². The van der Waals surface area contributed by atoms with Crippen molar-refractivity contribution in [2.75, 3.05) is 5.32 Å². The SMILES string of the molecule is O=P(O)(O)C(Nc1cc(-c2ccc(C(F)(F)F)cc2)ccn1)P(=O)(O)O. The second kappa shape index (κ2) is 7.11. The molecule has 0 bridgehead atoms. The Hall–Kier alpha value is -1.74. The van der Waals surface area contributed by atoms with E-state index in [-0.39, 0.29) is 5.82 Å². The molecule has 0 aliphatic rings. The van der Waals surface area contributed by atoms with Gasteiger partial charge in [-0.3, -0.25) is 9.13 Å². The number of hydrogen-bond acceptors (Lipinski definition) is 4. The third-order valence-corrected chi connectivity index (χ3v) is 6.56. The molecular formula is C13H13F3N2O6P2. The molecule has 1 aromatic heterocycles. The molecule has 26 heavy (non-hydrogen) atoms. The third-order valence-electron chi connectivity index (χ3n) is 3.22. The fourth-order valence-electron chi connectivity index (χ4n) is 2.04. The minimum absolute atomic E-state index is 0.265. The maximum atomic E-state index is 12.6. The van der Waals surface area contributed by atoms with E-state index in [0.29, 0.717) is 11.1 Å². The predicted octanol–water partition coefficient (Wildman–Crippen LogP) is 2.82. The molecule has 0 unspecified atom stereocenters. The van der Waals surface area contributed by atoms with Crippen molar-refractivity contribution in [1.82, 2.24) is 4.98 Å². The Morgan fingerprint density at radius 1 is 0.923 bits per heavy atom. The van der Waals surface area contributed by atoms with E-state index in [1.165, 1.54) is 30.5 Å². The van der Waals surface area contributed by atoms with Crippen molar-refractivity contribution in [3.05, 3.63) is 48.2 Å². The van der Waals surface area contributed by atoms with Crippen LogP contribution in [0.15, 0.2) is 42.6 Å². The molecule has 5 N–H and O–H groups in total. The highest BCUT2D eigenvalue weighted by Crippen LogP contribution is 2.59. The van der Waals surface area contributed by atoms with E-state index in [1.54, 1.807) is 0 Å². The summed E-state index contributed by atoms with van der Waals surface area (Å²) in [6.45, 7) is 0. The second-order valence-electron chi connectivity index (χ2n) is 5.20. The van der Waals surface area contributed by atoms with Gasteiger partial charge in [-0.1, -0.05) is 12.1 Å². The molecule has 0 aliphatic carbocycles. The maximum Gasteiger partial charge on any atom is 0.416 e. The van der Waals surface area contributed by atoms with E-state index in [0.717, 1.165) is 12.1 Å². The fourth-order valence-corrected chi connectivity index (χ4v) is 4.21. The van der Waals surface area contributed by atoms with Gasteiger partial charge in [0.05, 0.1) is 5.56 Å². The van der Waals surface area contributed by atoms with E-state index in [1.807, 2.05) is 5.32 Å². The van der Waals surface area contributed by atoms with Crippen LogP contribution >= 0.6 is 15.2 Å². The number of halogens is 3. The Balaban J connectivity index is 2.33. The molecule has 1 heterocycles.